The molecule has 156 valence electrons. The second-order valence-corrected chi connectivity index (χ2v) is 9.01. The largest absolute Gasteiger partial charge is 0.314 e. The van der Waals surface area contributed by atoms with E-state index in [-0.39, 0.29) is 24.8 Å². The number of nitrogens with one attached hydrogen (secondary N) is 2. The molecule has 0 radical (unpaired) electrons. The van der Waals surface area contributed by atoms with Gasteiger partial charge in [-0.25, -0.2) is 13.1 Å². The van der Waals surface area contributed by atoms with Crippen molar-refractivity contribution in [2.75, 3.05) is 39.3 Å². The third-order valence-electron chi connectivity index (χ3n) is 5.42. The number of nitrogens with zero attached hydrogens (tertiary/aromatic N) is 1. The van der Waals surface area contributed by atoms with Gasteiger partial charge in [0.25, 0.3) is 0 Å². The number of sulfonamides is 1. The van der Waals surface area contributed by atoms with Crippen LogP contribution in [-0.4, -0.2) is 52.6 Å². The minimum atomic E-state index is -3.39. The number of piperazine rings is 1. The quantitative estimate of drug-likeness (QED) is 0.643. The molecule has 1 heterocycles. The summed E-state index contributed by atoms with van der Waals surface area (Å²) >= 11 is 0. The lowest BCUT2D eigenvalue weighted by Crippen LogP contribution is -2.44. The predicted octanol–water partition coefficient (Wildman–Crippen LogP) is 3.15. The topological polar surface area (TPSA) is 61.4 Å². The summed E-state index contributed by atoms with van der Waals surface area (Å²) in [6, 6.07) is 7.54. The van der Waals surface area contributed by atoms with Gasteiger partial charge in [0.2, 0.25) is 10.0 Å². The van der Waals surface area contributed by atoms with Gasteiger partial charge in [0.1, 0.15) is 0 Å². The Morgan fingerprint density at radius 1 is 1.00 bits per heavy atom. The van der Waals surface area contributed by atoms with Crippen molar-refractivity contribution in [3.8, 4) is 0 Å². The zero-order valence-electron chi connectivity index (χ0n) is 15.9. The maximum absolute atomic E-state index is 12.4. The van der Waals surface area contributed by atoms with E-state index in [0.717, 1.165) is 39.1 Å². The van der Waals surface area contributed by atoms with Crippen molar-refractivity contribution < 1.29 is 8.42 Å². The molecule has 0 atom stereocenters. The zero-order valence-corrected chi connectivity index (χ0v) is 18.3. The van der Waals surface area contributed by atoms with E-state index in [1.807, 2.05) is 12.1 Å². The zero-order chi connectivity index (χ0) is 17.5. The van der Waals surface area contributed by atoms with E-state index in [0.29, 0.717) is 17.4 Å². The van der Waals surface area contributed by atoms with Crippen LogP contribution in [-0.2, 0) is 10.0 Å². The van der Waals surface area contributed by atoms with Crippen molar-refractivity contribution in [1.29, 1.82) is 0 Å². The van der Waals surface area contributed by atoms with Gasteiger partial charge in [0.05, 0.1) is 4.90 Å². The first kappa shape index (κ1) is 24.7. The van der Waals surface area contributed by atoms with Crippen LogP contribution in [0.15, 0.2) is 29.2 Å². The molecule has 0 aromatic heterocycles. The Morgan fingerprint density at radius 2 is 1.63 bits per heavy atom. The van der Waals surface area contributed by atoms with Crippen molar-refractivity contribution in [1.82, 2.24) is 14.9 Å². The van der Waals surface area contributed by atoms with E-state index < -0.39 is 10.0 Å². The molecule has 8 heteroatoms. The molecule has 3 rings (SSSR count). The van der Waals surface area contributed by atoms with Crippen LogP contribution in [0.3, 0.4) is 0 Å². The highest BCUT2D eigenvalue weighted by Crippen LogP contribution is 2.32. The minimum absolute atomic E-state index is 0. The molecule has 0 unspecified atom stereocenters. The third kappa shape index (κ3) is 7.52. The minimum Gasteiger partial charge on any atom is -0.314 e. The Kier molecular flexibility index (Phi) is 11.2. The average Bonchev–Trinajstić information content (AvgIpc) is 2.67. The van der Waals surface area contributed by atoms with Crippen molar-refractivity contribution in [2.24, 2.45) is 0 Å². The molecule has 27 heavy (non-hydrogen) atoms. The summed E-state index contributed by atoms with van der Waals surface area (Å²) in [7, 11) is -3.39. The number of halogens is 2. The molecule has 2 aliphatic rings. The maximum atomic E-state index is 12.4. The molecule has 2 N–H and O–H groups in total. The molecule has 0 bridgehead atoms. The van der Waals surface area contributed by atoms with Gasteiger partial charge in [0.15, 0.2) is 0 Å². The van der Waals surface area contributed by atoms with E-state index >= 15 is 0 Å². The molecule has 1 aliphatic heterocycles. The highest BCUT2D eigenvalue weighted by molar-refractivity contribution is 7.89. The fourth-order valence-corrected chi connectivity index (χ4v) is 4.96. The molecule has 1 saturated heterocycles. The lowest BCUT2D eigenvalue weighted by molar-refractivity contribution is 0.239. The Morgan fingerprint density at radius 3 is 2.26 bits per heavy atom. The first-order chi connectivity index (χ1) is 12.1. The second-order valence-electron chi connectivity index (χ2n) is 7.25. The van der Waals surface area contributed by atoms with Gasteiger partial charge in [0, 0.05) is 32.7 Å². The van der Waals surface area contributed by atoms with E-state index in [9.17, 15) is 8.42 Å². The number of rotatable bonds is 7. The summed E-state index contributed by atoms with van der Waals surface area (Å²) in [5, 5.41) is 3.33. The molecular formula is C19H33Cl2N3O2S. The number of benzene rings is 1. The van der Waals surface area contributed by atoms with Crippen molar-refractivity contribution >= 4 is 34.8 Å². The monoisotopic (exact) mass is 437 g/mol. The van der Waals surface area contributed by atoms with Crippen LogP contribution in [0.2, 0.25) is 0 Å². The summed E-state index contributed by atoms with van der Waals surface area (Å²) in [6.45, 7) is 5.60. The predicted molar refractivity (Wildman–Crippen MR) is 116 cm³/mol. The fourth-order valence-electron chi connectivity index (χ4n) is 3.88. The van der Waals surface area contributed by atoms with Crippen molar-refractivity contribution in [2.45, 2.75) is 49.3 Å². The van der Waals surface area contributed by atoms with Gasteiger partial charge in [-0.15, -0.1) is 24.8 Å². The highest BCUT2D eigenvalue weighted by atomic mass is 35.5. The first-order valence-electron chi connectivity index (χ1n) is 9.68. The van der Waals surface area contributed by atoms with Gasteiger partial charge >= 0.3 is 0 Å². The van der Waals surface area contributed by atoms with Crippen LogP contribution in [0.4, 0.5) is 0 Å². The fraction of sp³-hybridized carbons (Fsp3) is 0.684. The van der Waals surface area contributed by atoms with E-state index in [1.165, 1.54) is 37.7 Å². The molecule has 0 spiro atoms. The van der Waals surface area contributed by atoms with Gasteiger partial charge in [-0.05, 0) is 49.4 Å². The van der Waals surface area contributed by atoms with E-state index in [1.54, 1.807) is 12.1 Å². The van der Waals surface area contributed by atoms with Crippen LogP contribution < -0.4 is 10.0 Å². The first-order valence-corrected chi connectivity index (χ1v) is 11.2. The van der Waals surface area contributed by atoms with Crippen molar-refractivity contribution in [3.63, 3.8) is 0 Å². The Balaban J connectivity index is 0.00000182. The van der Waals surface area contributed by atoms with E-state index in [4.69, 9.17) is 0 Å². The molecule has 1 saturated carbocycles. The summed E-state index contributed by atoms with van der Waals surface area (Å²) in [5.74, 6) is 0.609. The third-order valence-corrected chi connectivity index (χ3v) is 6.90. The van der Waals surface area contributed by atoms with Crippen LogP contribution >= 0.6 is 24.8 Å². The summed E-state index contributed by atoms with van der Waals surface area (Å²) in [5.41, 5.74) is 1.29. The lowest BCUT2D eigenvalue weighted by atomic mass is 9.84. The van der Waals surface area contributed by atoms with Gasteiger partial charge in [-0.2, -0.15) is 0 Å². The van der Waals surface area contributed by atoms with Crippen molar-refractivity contribution in [3.05, 3.63) is 29.8 Å². The Labute approximate surface area is 176 Å². The van der Waals surface area contributed by atoms with Crippen LogP contribution in [0.5, 0.6) is 0 Å². The normalized spacial score (nSPS) is 19.1. The molecule has 0 amide bonds. The maximum Gasteiger partial charge on any atom is 0.240 e. The Hall–Kier alpha value is -0.370. The molecule has 5 nitrogen and oxygen atoms in total. The summed E-state index contributed by atoms with van der Waals surface area (Å²) < 4.78 is 27.6. The molecule has 2 fully saturated rings. The lowest BCUT2D eigenvalue weighted by Gasteiger charge is -2.27. The van der Waals surface area contributed by atoms with Gasteiger partial charge in [-0.3, -0.25) is 0 Å². The number of hydrogen-bond acceptors (Lipinski definition) is 4. The Bertz CT molecular complexity index is 629. The second kappa shape index (κ2) is 12.2. The summed E-state index contributed by atoms with van der Waals surface area (Å²) in [6.07, 6.45) is 7.23. The average molecular weight is 438 g/mol. The van der Waals surface area contributed by atoms with Gasteiger partial charge < -0.3 is 10.2 Å². The van der Waals surface area contributed by atoms with Gasteiger partial charge in [-0.1, -0.05) is 31.4 Å². The molecular weight excluding hydrogens is 405 g/mol. The standard InChI is InChI=1S/C19H31N3O2S.2ClH/c23-25(24,21-11-4-14-22-15-12-20-13-16-22)19-9-7-18(8-10-19)17-5-2-1-3-6-17;;/h7-10,17,20-21H,1-6,11-16H2;2*1H. The van der Waals surface area contributed by atoms with Crippen LogP contribution in [0.1, 0.15) is 50.0 Å². The molecule has 1 aromatic carbocycles. The summed E-state index contributed by atoms with van der Waals surface area (Å²) in [4.78, 5) is 2.76. The smallest absolute Gasteiger partial charge is 0.240 e. The van der Waals surface area contributed by atoms with E-state index in [2.05, 4.69) is 14.9 Å². The molecule has 1 aliphatic carbocycles. The molecule has 1 aromatic rings. The number of hydrogen-bond donors (Lipinski definition) is 2. The van der Waals surface area contributed by atoms with Crippen LogP contribution in [0.25, 0.3) is 0 Å². The van der Waals surface area contributed by atoms with Crippen LogP contribution in [0, 0.1) is 0 Å². The highest BCUT2D eigenvalue weighted by Gasteiger charge is 2.18. The SMILES string of the molecule is Cl.Cl.O=S(=O)(NCCCN1CCNCC1)c1ccc(C2CCCCC2)cc1.